The summed E-state index contributed by atoms with van der Waals surface area (Å²) < 4.78 is 29.8. The normalized spacial score (nSPS) is 32.7. The lowest BCUT2D eigenvalue weighted by atomic mass is 10.1. The monoisotopic (exact) mass is 164 g/mol. The van der Waals surface area contributed by atoms with E-state index in [1.165, 1.54) is 0 Å². The number of hydrogen-bond donors (Lipinski definition) is 0. The molecule has 0 aromatic rings. The van der Waals surface area contributed by atoms with Gasteiger partial charge in [0.1, 0.15) is 0 Å². The number of rotatable bonds is 2. The summed E-state index contributed by atoms with van der Waals surface area (Å²) >= 11 is 0. The molecule has 0 radical (unpaired) electrons. The van der Waals surface area contributed by atoms with Crippen molar-refractivity contribution in [3.63, 3.8) is 0 Å². The molecule has 3 heteroatoms. The summed E-state index contributed by atoms with van der Waals surface area (Å²) in [6, 6.07) is 0. The van der Waals surface area contributed by atoms with Crippen LogP contribution in [0.1, 0.15) is 26.2 Å². The minimum absolute atomic E-state index is 0.432. The maximum atomic E-state index is 12.8. The van der Waals surface area contributed by atoms with Gasteiger partial charge >= 0.3 is 6.11 Å². The molecular weight excluding hydrogens is 150 g/mol. The summed E-state index contributed by atoms with van der Waals surface area (Å²) in [5.74, 6) is -0.122. The highest BCUT2D eigenvalue weighted by molar-refractivity contribution is 4.78. The average molecular weight is 164 g/mol. The number of hydrogen-bond acceptors (Lipinski definition) is 1. The first-order valence-corrected chi connectivity index (χ1v) is 3.99. The van der Waals surface area contributed by atoms with E-state index in [1.54, 1.807) is 0 Å². The zero-order valence-corrected chi connectivity index (χ0v) is 6.94. The Kier molecular flexibility index (Phi) is 2.47. The molecule has 2 atom stereocenters. The molecule has 2 unspecified atom stereocenters. The first kappa shape index (κ1) is 8.91. The third-order valence-electron chi connectivity index (χ3n) is 2.44. The van der Waals surface area contributed by atoms with Crippen LogP contribution in [0.2, 0.25) is 0 Å². The molecular formula is C8H14F2O. The van der Waals surface area contributed by atoms with Crippen molar-refractivity contribution in [1.82, 2.24) is 0 Å². The van der Waals surface area contributed by atoms with Crippen molar-refractivity contribution in [2.24, 2.45) is 11.8 Å². The van der Waals surface area contributed by atoms with Crippen molar-refractivity contribution >= 4 is 0 Å². The van der Waals surface area contributed by atoms with Gasteiger partial charge in [0.05, 0.1) is 5.92 Å². The highest BCUT2D eigenvalue weighted by atomic mass is 19.3. The average Bonchev–Trinajstić information content (AvgIpc) is 2.36. The zero-order chi connectivity index (χ0) is 8.48. The van der Waals surface area contributed by atoms with Gasteiger partial charge in [-0.15, -0.1) is 0 Å². The van der Waals surface area contributed by atoms with E-state index < -0.39 is 12.0 Å². The van der Waals surface area contributed by atoms with Crippen LogP contribution in [0.5, 0.6) is 0 Å². The Morgan fingerprint density at radius 1 is 1.36 bits per heavy atom. The van der Waals surface area contributed by atoms with E-state index in [1.807, 2.05) is 6.92 Å². The molecule has 1 aliphatic rings. The Labute approximate surface area is 65.7 Å². The highest BCUT2D eigenvalue weighted by Crippen LogP contribution is 2.40. The van der Waals surface area contributed by atoms with Crippen molar-refractivity contribution in [1.29, 1.82) is 0 Å². The Morgan fingerprint density at radius 2 is 2.00 bits per heavy atom. The van der Waals surface area contributed by atoms with E-state index in [0.29, 0.717) is 18.8 Å². The van der Waals surface area contributed by atoms with Gasteiger partial charge < -0.3 is 4.74 Å². The highest BCUT2D eigenvalue weighted by Gasteiger charge is 2.42. The van der Waals surface area contributed by atoms with E-state index in [0.717, 1.165) is 13.5 Å². The smallest absolute Gasteiger partial charge is 0.324 e. The van der Waals surface area contributed by atoms with Crippen LogP contribution in [-0.2, 0) is 4.74 Å². The Morgan fingerprint density at radius 3 is 2.36 bits per heavy atom. The predicted octanol–water partition coefficient (Wildman–Crippen LogP) is 2.66. The van der Waals surface area contributed by atoms with Crippen LogP contribution < -0.4 is 0 Å². The number of methoxy groups -OCH3 is 1. The Hall–Kier alpha value is -0.180. The molecule has 11 heavy (non-hydrogen) atoms. The van der Waals surface area contributed by atoms with Gasteiger partial charge in [0.25, 0.3) is 0 Å². The second-order valence-corrected chi connectivity index (χ2v) is 3.38. The number of alkyl halides is 2. The van der Waals surface area contributed by atoms with E-state index in [4.69, 9.17) is 0 Å². The maximum Gasteiger partial charge on any atom is 0.358 e. The van der Waals surface area contributed by atoms with Crippen LogP contribution in [0.3, 0.4) is 0 Å². The summed E-state index contributed by atoms with van der Waals surface area (Å²) in [6.45, 7) is 2.01. The van der Waals surface area contributed by atoms with Crippen molar-refractivity contribution in [2.45, 2.75) is 32.3 Å². The number of ether oxygens (including phenoxy) is 1. The molecule has 0 aromatic heterocycles. The molecule has 0 N–H and O–H groups in total. The molecule has 0 aliphatic heterocycles. The van der Waals surface area contributed by atoms with Crippen LogP contribution in [-0.4, -0.2) is 13.2 Å². The second kappa shape index (κ2) is 3.05. The standard InChI is InChI=1S/C8H14F2O/c1-6-3-4-7(5-6)8(9,10)11-2/h6-7H,3-5H2,1-2H3. The summed E-state index contributed by atoms with van der Waals surface area (Å²) in [7, 11) is 1.07. The topological polar surface area (TPSA) is 9.23 Å². The molecule has 1 nitrogen and oxygen atoms in total. The minimum atomic E-state index is -2.90. The van der Waals surface area contributed by atoms with Gasteiger partial charge in [-0.3, -0.25) is 0 Å². The lowest BCUT2D eigenvalue weighted by molar-refractivity contribution is -0.255. The molecule has 0 saturated heterocycles. The molecule has 1 aliphatic carbocycles. The molecule has 0 spiro atoms. The first-order valence-electron chi connectivity index (χ1n) is 3.99. The molecule has 0 bridgehead atoms. The fourth-order valence-electron chi connectivity index (χ4n) is 1.68. The molecule has 1 fully saturated rings. The van der Waals surface area contributed by atoms with Gasteiger partial charge in [-0.2, -0.15) is 8.78 Å². The Bertz CT molecular complexity index is 136. The minimum Gasteiger partial charge on any atom is -0.324 e. The van der Waals surface area contributed by atoms with E-state index in [2.05, 4.69) is 4.74 Å². The van der Waals surface area contributed by atoms with Crippen LogP contribution in [0.4, 0.5) is 8.78 Å². The van der Waals surface area contributed by atoms with Gasteiger partial charge in [-0.05, 0) is 18.8 Å². The number of halogens is 2. The van der Waals surface area contributed by atoms with Gasteiger partial charge in [0.15, 0.2) is 0 Å². The maximum absolute atomic E-state index is 12.8. The van der Waals surface area contributed by atoms with E-state index in [9.17, 15) is 8.78 Å². The first-order chi connectivity index (χ1) is 5.06. The third kappa shape index (κ3) is 1.89. The van der Waals surface area contributed by atoms with Gasteiger partial charge in [0, 0.05) is 7.11 Å². The second-order valence-electron chi connectivity index (χ2n) is 3.38. The Balaban J connectivity index is 2.48. The van der Waals surface area contributed by atoms with Crippen molar-refractivity contribution < 1.29 is 13.5 Å². The SMILES string of the molecule is COC(F)(F)C1CCC(C)C1. The molecule has 0 amide bonds. The molecule has 66 valence electrons. The summed E-state index contributed by atoms with van der Waals surface area (Å²) in [6.07, 6.45) is -0.794. The summed E-state index contributed by atoms with van der Waals surface area (Å²) in [4.78, 5) is 0. The van der Waals surface area contributed by atoms with Crippen molar-refractivity contribution in [3.05, 3.63) is 0 Å². The fourth-order valence-corrected chi connectivity index (χ4v) is 1.68. The lowest BCUT2D eigenvalue weighted by Crippen LogP contribution is -2.28. The summed E-state index contributed by atoms with van der Waals surface area (Å²) in [5.41, 5.74) is 0. The molecule has 0 aromatic carbocycles. The van der Waals surface area contributed by atoms with E-state index >= 15 is 0 Å². The van der Waals surface area contributed by atoms with Crippen LogP contribution >= 0.6 is 0 Å². The fraction of sp³-hybridized carbons (Fsp3) is 1.00. The quantitative estimate of drug-likeness (QED) is 0.609. The van der Waals surface area contributed by atoms with Gasteiger partial charge in [-0.1, -0.05) is 13.3 Å². The van der Waals surface area contributed by atoms with Crippen LogP contribution in [0.25, 0.3) is 0 Å². The molecule has 1 rings (SSSR count). The third-order valence-corrected chi connectivity index (χ3v) is 2.44. The lowest BCUT2D eigenvalue weighted by Gasteiger charge is -2.20. The van der Waals surface area contributed by atoms with Gasteiger partial charge in [-0.25, -0.2) is 0 Å². The molecule has 0 heterocycles. The van der Waals surface area contributed by atoms with Crippen LogP contribution in [0, 0.1) is 11.8 Å². The van der Waals surface area contributed by atoms with Gasteiger partial charge in [0.2, 0.25) is 0 Å². The van der Waals surface area contributed by atoms with Crippen LogP contribution in [0.15, 0.2) is 0 Å². The zero-order valence-electron chi connectivity index (χ0n) is 6.94. The van der Waals surface area contributed by atoms with Crippen molar-refractivity contribution in [2.75, 3.05) is 7.11 Å². The largest absolute Gasteiger partial charge is 0.358 e. The molecule has 1 saturated carbocycles. The predicted molar refractivity (Wildman–Crippen MR) is 38.5 cm³/mol. The van der Waals surface area contributed by atoms with Crippen molar-refractivity contribution in [3.8, 4) is 0 Å². The van der Waals surface area contributed by atoms with E-state index in [-0.39, 0.29) is 0 Å². The summed E-state index contributed by atoms with van der Waals surface area (Å²) in [5, 5.41) is 0.